The van der Waals surface area contributed by atoms with Gasteiger partial charge in [0.25, 0.3) is 0 Å². The number of nitrogens with zero attached hydrogens (tertiary/aromatic N) is 1. The van der Waals surface area contributed by atoms with Gasteiger partial charge in [0.05, 0.1) is 5.60 Å². The Morgan fingerprint density at radius 1 is 1.46 bits per heavy atom. The molecule has 2 nitrogen and oxygen atoms in total. The summed E-state index contributed by atoms with van der Waals surface area (Å²) in [6.07, 6.45) is 1.77. The molecule has 0 aromatic rings. The second-order valence-corrected chi connectivity index (χ2v) is 3.83. The molecule has 1 radical (unpaired) electrons. The van der Waals surface area contributed by atoms with Gasteiger partial charge in [-0.1, -0.05) is 13.3 Å². The van der Waals surface area contributed by atoms with E-state index in [0.717, 1.165) is 18.6 Å². The summed E-state index contributed by atoms with van der Waals surface area (Å²) in [7, 11) is 0. The quantitative estimate of drug-likeness (QED) is 0.621. The topological polar surface area (TPSA) is 32.6 Å². The number of hydrogen-bond donors (Lipinski definition) is 1. The minimum Gasteiger partial charge on any atom is -0.384 e. The summed E-state index contributed by atoms with van der Waals surface area (Å²) in [4.78, 5) is 4.33. The van der Waals surface area contributed by atoms with Crippen molar-refractivity contribution in [1.82, 2.24) is 0 Å². The average Bonchev–Trinajstić information content (AvgIpc) is 1.85. The summed E-state index contributed by atoms with van der Waals surface area (Å²) in [5.74, 6) is 0. The van der Waals surface area contributed by atoms with Crippen LogP contribution in [-0.2, 0) is 0 Å². The Hall–Kier alpha value is 0.890. The van der Waals surface area contributed by atoms with Gasteiger partial charge in [-0.2, -0.15) is 0 Å². The summed E-state index contributed by atoms with van der Waals surface area (Å²) >= 11 is 0. The van der Waals surface area contributed by atoms with Crippen molar-refractivity contribution < 1.29 is 42.8 Å². The smallest absolute Gasteiger partial charge is 0.0991 e. The Morgan fingerprint density at radius 2 is 1.92 bits per heavy atom. The molecule has 0 heterocycles. The standard InChI is InChI=1S/C10H21NO.Ho/c1-6-7-10(5,12)9(4)11-8(2)3;/h8,12H,6-7H2,1-5H3;. The zero-order chi connectivity index (χ0) is 9.78. The van der Waals surface area contributed by atoms with Gasteiger partial charge in [-0.25, -0.2) is 0 Å². The Bertz CT molecular complexity index is 164. The fraction of sp³-hybridized carbons (Fsp3) is 0.900. The summed E-state index contributed by atoms with van der Waals surface area (Å²) in [6, 6.07) is 0.272. The number of aliphatic hydroxyl groups is 1. The van der Waals surface area contributed by atoms with E-state index in [1.807, 2.05) is 27.7 Å². The van der Waals surface area contributed by atoms with Gasteiger partial charge in [-0.3, -0.25) is 4.99 Å². The third-order valence-electron chi connectivity index (χ3n) is 1.97. The molecule has 0 aliphatic rings. The molecule has 0 aromatic carbocycles. The maximum Gasteiger partial charge on any atom is 0.0991 e. The van der Waals surface area contributed by atoms with Gasteiger partial charge < -0.3 is 5.11 Å². The molecule has 1 atom stereocenters. The van der Waals surface area contributed by atoms with Crippen LogP contribution < -0.4 is 0 Å². The SMILES string of the molecule is CCCC(C)(O)C(C)=NC(C)C.[Ho]. The van der Waals surface area contributed by atoms with Gasteiger partial charge in [-0.05, 0) is 34.1 Å². The van der Waals surface area contributed by atoms with Gasteiger partial charge >= 0.3 is 0 Å². The van der Waals surface area contributed by atoms with Gasteiger partial charge in [0.1, 0.15) is 0 Å². The van der Waals surface area contributed by atoms with Crippen molar-refractivity contribution in [1.29, 1.82) is 0 Å². The van der Waals surface area contributed by atoms with E-state index in [2.05, 4.69) is 11.9 Å². The van der Waals surface area contributed by atoms with Crippen LogP contribution in [0.3, 0.4) is 0 Å². The number of aliphatic imine (C=N–C) groups is 1. The largest absolute Gasteiger partial charge is 0.384 e. The molecule has 0 saturated heterocycles. The van der Waals surface area contributed by atoms with Gasteiger partial charge in [0.2, 0.25) is 0 Å². The molecule has 0 aromatic heterocycles. The van der Waals surface area contributed by atoms with Crippen LogP contribution in [0, 0.1) is 37.7 Å². The van der Waals surface area contributed by atoms with Crippen LogP contribution in [0.1, 0.15) is 47.5 Å². The minimum absolute atomic E-state index is 0. The van der Waals surface area contributed by atoms with Gasteiger partial charge in [0, 0.05) is 49.5 Å². The second kappa shape index (κ2) is 7.22. The van der Waals surface area contributed by atoms with Crippen LogP contribution in [0.4, 0.5) is 0 Å². The normalized spacial score (nSPS) is 16.7. The van der Waals surface area contributed by atoms with Crippen molar-refractivity contribution in [2.75, 3.05) is 0 Å². The van der Waals surface area contributed by atoms with Crippen molar-refractivity contribution in [3.8, 4) is 0 Å². The molecule has 0 aliphatic carbocycles. The monoisotopic (exact) mass is 336 g/mol. The molecular formula is C10H21HoNO. The van der Waals surface area contributed by atoms with Crippen LogP contribution in [0.2, 0.25) is 0 Å². The molecule has 1 N–H and O–H groups in total. The van der Waals surface area contributed by atoms with Crippen LogP contribution in [-0.4, -0.2) is 22.5 Å². The fourth-order valence-electron chi connectivity index (χ4n) is 1.19. The van der Waals surface area contributed by atoms with Gasteiger partial charge in [0.15, 0.2) is 0 Å². The van der Waals surface area contributed by atoms with Crippen LogP contribution in [0.25, 0.3) is 0 Å². The summed E-state index contributed by atoms with van der Waals surface area (Å²) in [5.41, 5.74) is 0.137. The molecular weight excluding hydrogens is 315 g/mol. The molecule has 13 heavy (non-hydrogen) atoms. The molecule has 0 bridgehead atoms. The molecule has 0 amide bonds. The van der Waals surface area contributed by atoms with Crippen molar-refractivity contribution in [2.24, 2.45) is 4.99 Å². The maximum atomic E-state index is 9.90. The molecule has 0 fully saturated rings. The summed E-state index contributed by atoms with van der Waals surface area (Å²) in [5, 5.41) is 9.90. The van der Waals surface area contributed by atoms with E-state index in [1.54, 1.807) is 0 Å². The third kappa shape index (κ3) is 6.89. The van der Waals surface area contributed by atoms with E-state index in [1.165, 1.54) is 0 Å². The molecule has 0 saturated carbocycles. The Kier molecular flexibility index (Phi) is 9.06. The van der Waals surface area contributed by atoms with E-state index in [4.69, 9.17) is 0 Å². The molecule has 0 rings (SSSR count). The van der Waals surface area contributed by atoms with Crippen molar-refractivity contribution in [2.45, 2.75) is 59.1 Å². The first-order valence-electron chi connectivity index (χ1n) is 4.67. The van der Waals surface area contributed by atoms with Crippen molar-refractivity contribution >= 4 is 5.71 Å². The van der Waals surface area contributed by atoms with Crippen molar-refractivity contribution in [3.05, 3.63) is 0 Å². The molecule has 83 valence electrons. The molecule has 0 aliphatic heterocycles. The Balaban J connectivity index is 0. The first-order valence-corrected chi connectivity index (χ1v) is 4.67. The first kappa shape index (κ1) is 16.3. The summed E-state index contributed by atoms with van der Waals surface area (Å²) in [6.45, 7) is 9.83. The predicted molar refractivity (Wildman–Crippen MR) is 53.8 cm³/mol. The molecule has 1 unspecified atom stereocenters. The minimum atomic E-state index is -0.709. The van der Waals surface area contributed by atoms with Crippen molar-refractivity contribution in [3.63, 3.8) is 0 Å². The van der Waals surface area contributed by atoms with Crippen LogP contribution >= 0.6 is 0 Å². The Labute approximate surface area is 112 Å². The zero-order valence-corrected chi connectivity index (χ0v) is 11.1. The summed E-state index contributed by atoms with van der Waals surface area (Å²) < 4.78 is 0. The van der Waals surface area contributed by atoms with E-state index >= 15 is 0 Å². The number of rotatable bonds is 4. The Morgan fingerprint density at radius 3 is 2.23 bits per heavy atom. The number of hydrogen-bond acceptors (Lipinski definition) is 2. The first-order chi connectivity index (χ1) is 5.40. The van der Waals surface area contributed by atoms with E-state index in [-0.39, 0.29) is 43.8 Å². The zero-order valence-electron chi connectivity index (χ0n) is 9.19. The van der Waals surface area contributed by atoms with Crippen LogP contribution in [0.5, 0.6) is 0 Å². The van der Waals surface area contributed by atoms with E-state index in [0.29, 0.717) is 0 Å². The predicted octanol–water partition coefficient (Wildman–Crippen LogP) is 2.41. The molecule has 0 spiro atoms. The maximum absolute atomic E-state index is 9.90. The fourth-order valence-corrected chi connectivity index (χ4v) is 1.19. The van der Waals surface area contributed by atoms with Gasteiger partial charge in [-0.15, -0.1) is 0 Å². The third-order valence-corrected chi connectivity index (χ3v) is 1.97. The second-order valence-electron chi connectivity index (χ2n) is 3.83. The van der Waals surface area contributed by atoms with E-state index in [9.17, 15) is 5.11 Å². The average molecular weight is 336 g/mol. The van der Waals surface area contributed by atoms with Crippen LogP contribution in [0.15, 0.2) is 4.99 Å². The van der Waals surface area contributed by atoms with E-state index < -0.39 is 5.60 Å². The molecule has 3 heteroatoms.